The van der Waals surface area contributed by atoms with Gasteiger partial charge in [-0.3, -0.25) is 14.4 Å². The molecule has 1 aromatic heterocycles. The zero-order valence-electron chi connectivity index (χ0n) is 14.9. The highest BCUT2D eigenvalue weighted by molar-refractivity contribution is 5.85. The van der Waals surface area contributed by atoms with Crippen LogP contribution in [0.25, 0.3) is 0 Å². The fraction of sp³-hybridized carbons (Fsp3) is 0.765. The number of hydrogen-bond acceptors (Lipinski definition) is 4. The van der Waals surface area contributed by atoms with E-state index in [9.17, 15) is 4.79 Å². The minimum Gasteiger partial charge on any atom is -0.337 e. The largest absolute Gasteiger partial charge is 0.337 e. The van der Waals surface area contributed by atoms with Crippen molar-refractivity contribution < 1.29 is 4.79 Å². The lowest BCUT2D eigenvalue weighted by Gasteiger charge is -2.43. The van der Waals surface area contributed by atoms with Gasteiger partial charge in [0.2, 0.25) is 5.91 Å². The SMILES string of the molecule is CC1CN2CCCC2CN1C(=O)[C@H]1CNC[C@@H]1c1cnn(C)c1.Cl.Cl. The van der Waals surface area contributed by atoms with Gasteiger partial charge in [-0.2, -0.15) is 5.10 Å². The van der Waals surface area contributed by atoms with Gasteiger partial charge in [-0.15, -0.1) is 24.8 Å². The minimum atomic E-state index is 0. The van der Waals surface area contributed by atoms with Crippen molar-refractivity contribution in [1.29, 1.82) is 0 Å². The quantitative estimate of drug-likeness (QED) is 0.826. The Morgan fingerprint density at radius 1 is 1.28 bits per heavy atom. The summed E-state index contributed by atoms with van der Waals surface area (Å²) in [5.41, 5.74) is 1.18. The Hall–Kier alpha value is -0.820. The van der Waals surface area contributed by atoms with Crippen molar-refractivity contribution >= 4 is 30.7 Å². The van der Waals surface area contributed by atoms with Gasteiger partial charge in [0.05, 0.1) is 12.1 Å². The highest BCUT2D eigenvalue weighted by atomic mass is 35.5. The van der Waals surface area contributed by atoms with Gasteiger partial charge in [-0.1, -0.05) is 0 Å². The topological polar surface area (TPSA) is 53.4 Å². The van der Waals surface area contributed by atoms with Gasteiger partial charge in [0.15, 0.2) is 0 Å². The summed E-state index contributed by atoms with van der Waals surface area (Å²) >= 11 is 0. The summed E-state index contributed by atoms with van der Waals surface area (Å²) in [6, 6.07) is 0.911. The minimum absolute atomic E-state index is 0. The summed E-state index contributed by atoms with van der Waals surface area (Å²) < 4.78 is 1.83. The standard InChI is InChI=1S/C17H27N5O.2ClH/c1-12-9-21-5-3-4-14(21)11-22(12)17(23)16-8-18-7-15(16)13-6-19-20(2)10-13;;/h6,10,12,14-16,18H,3-5,7-9,11H2,1-2H3;2*1H/t12?,14?,15-,16+;;/m1../s1. The number of piperazine rings is 1. The summed E-state index contributed by atoms with van der Waals surface area (Å²) in [5.74, 6) is 0.641. The zero-order valence-corrected chi connectivity index (χ0v) is 16.6. The monoisotopic (exact) mass is 389 g/mol. The molecule has 0 aromatic carbocycles. The summed E-state index contributed by atoms with van der Waals surface area (Å²) in [6.07, 6.45) is 6.49. The maximum absolute atomic E-state index is 13.2. The molecule has 8 heteroatoms. The fourth-order valence-corrected chi connectivity index (χ4v) is 4.63. The van der Waals surface area contributed by atoms with E-state index in [1.165, 1.54) is 24.9 Å². The molecule has 6 nitrogen and oxygen atoms in total. The molecule has 0 saturated carbocycles. The Kier molecular flexibility index (Phi) is 6.76. The van der Waals surface area contributed by atoms with Gasteiger partial charge in [0.1, 0.15) is 0 Å². The maximum atomic E-state index is 13.2. The molecule has 1 N–H and O–H groups in total. The summed E-state index contributed by atoms with van der Waals surface area (Å²) in [5, 5.41) is 7.70. The number of carbonyl (C=O) groups excluding carboxylic acids is 1. The molecule has 1 amide bonds. The maximum Gasteiger partial charge on any atom is 0.227 e. The number of carbonyl (C=O) groups is 1. The van der Waals surface area contributed by atoms with Crippen LogP contribution in [0, 0.1) is 5.92 Å². The molecular formula is C17H29Cl2N5O. The van der Waals surface area contributed by atoms with Crippen molar-refractivity contribution in [3.05, 3.63) is 18.0 Å². The highest BCUT2D eigenvalue weighted by Crippen LogP contribution is 2.32. The number of aromatic nitrogens is 2. The molecule has 0 spiro atoms. The second-order valence-corrected chi connectivity index (χ2v) is 7.45. The van der Waals surface area contributed by atoms with E-state index in [2.05, 4.69) is 33.3 Å². The van der Waals surface area contributed by atoms with Gasteiger partial charge in [0, 0.05) is 57.4 Å². The third-order valence-corrected chi connectivity index (χ3v) is 5.90. The van der Waals surface area contributed by atoms with Crippen LogP contribution >= 0.6 is 24.8 Å². The van der Waals surface area contributed by atoms with Crippen LogP contribution in [-0.2, 0) is 11.8 Å². The van der Waals surface area contributed by atoms with Crippen molar-refractivity contribution in [2.24, 2.45) is 13.0 Å². The van der Waals surface area contributed by atoms with E-state index in [1.54, 1.807) is 0 Å². The van der Waals surface area contributed by atoms with Crippen LogP contribution in [0.1, 0.15) is 31.2 Å². The Balaban J connectivity index is 0.00000113. The van der Waals surface area contributed by atoms with Crippen molar-refractivity contribution in [1.82, 2.24) is 24.9 Å². The average Bonchev–Trinajstić information content (AvgIpc) is 3.24. The third kappa shape index (κ3) is 3.82. The molecule has 3 saturated heterocycles. The molecule has 25 heavy (non-hydrogen) atoms. The summed E-state index contributed by atoms with van der Waals surface area (Å²) in [4.78, 5) is 18.0. The lowest BCUT2D eigenvalue weighted by atomic mass is 9.89. The first-order chi connectivity index (χ1) is 11.1. The Morgan fingerprint density at radius 2 is 2.08 bits per heavy atom. The van der Waals surface area contributed by atoms with Crippen molar-refractivity contribution in [2.75, 3.05) is 32.7 Å². The second kappa shape index (κ2) is 8.25. The first kappa shape index (κ1) is 20.5. The smallest absolute Gasteiger partial charge is 0.227 e. The first-order valence-corrected chi connectivity index (χ1v) is 8.87. The van der Waals surface area contributed by atoms with Gasteiger partial charge < -0.3 is 10.2 Å². The number of hydrogen-bond donors (Lipinski definition) is 1. The molecule has 0 radical (unpaired) electrons. The van der Waals surface area contributed by atoms with E-state index in [4.69, 9.17) is 0 Å². The predicted molar refractivity (Wildman–Crippen MR) is 103 cm³/mol. The van der Waals surface area contributed by atoms with E-state index in [1.807, 2.05) is 17.9 Å². The van der Waals surface area contributed by atoms with Crippen LogP contribution in [0.4, 0.5) is 0 Å². The predicted octanol–water partition coefficient (Wildman–Crippen LogP) is 1.26. The number of aryl methyl sites for hydroxylation is 1. The van der Waals surface area contributed by atoms with E-state index >= 15 is 0 Å². The van der Waals surface area contributed by atoms with Gasteiger partial charge in [-0.05, 0) is 31.9 Å². The van der Waals surface area contributed by atoms with Crippen LogP contribution in [-0.4, -0.2) is 70.3 Å². The lowest BCUT2D eigenvalue weighted by Crippen LogP contribution is -2.58. The van der Waals surface area contributed by atoms with Crippen molar-refractivity contribution in [3.8, 4) is 0 Å². The highest BCUT2D eigenvalue weighted by Gasteiger charge is 2.42. The van der Waals surface area contributed by atoms with Gasteiger partial charge in [-0.25, -0.2) is 0 Å². The molecule has 0 aliphatic carbocycles. The van der Waals surface area contributed by atoms with Crippen LogP contribution in [0.3, 0.4) is 0 Å². The molecule has 4 rings (SSSR count). The number of fused-ring (bicyclic) bond motifs is 1. The molecule has 3 fully saturated rings. The summed E-state index contributed by atoms with van der Waals surface area (Å²) in [7, 11) is 1.93. The number of nitrogens with zero attached hydrogens (tertiary/aromatic N) is 4. The molecule has 3 aliphatic heterocycles. The van der Waals surface area contributed by atoms with E-state index < -0.39 is 0 Å². The summed E-state index contributed by atoms with van der Waals surface area (Å²) in [6.45, 7) is 7.02. The number of halogens is 2. The van der Waals surface area contributed by atoms with E-state index in [-0.39, 0.29) is 36.6 Å². The van der Waals surface area contributed by atoms with Gasteiger partial charge in [0.25, 0.3) is 0 Å². The third-order valence-electron chi connectivity index (χ3n) is 5.90. The number of rotatable bonds is 2. The molecule has 0 bridgehead atoms. The van der Waals surface area contributed by atoms with Crippen LogP contribution in [0.15, 0.2) is 12.4 Å². The van der Waals surface area contributed by atoms with Crippen LogP contribution in [0.5, 0.6) is 0 Å². The van der Waals surface area contributed by atoms with E-state index in [0.717, 1.165) is 26.2 Å². The lowest BCUT2D eigenvalue weighted by molar-refractivity contribution is -0.141. The molecule has 4 atom stereocenters. The molecule has 3 aliphatic rings. The second-order valence-electron chi connectivity index (χ2n) is 7.45. The average molecular weight is 390 g/mol. The number of amides is 1. The van der Waals surface area contributed by atoms with Crippen LogP contribution in [0.2, 0.25) is 0 Å². The Labute approximate surface area is 162 Å². The van der Waals surface area contributed by atoms with Crippen LogP contribution < -0.4 is 5.32 Å². The van der Waals surface area contributed by atoms with Gasteiger partial charge >= 0.3 is 0 Å². The Morgan fingerprint density at radius 3 is 2.80 bits per heavy atom. The molecule has 1 aromatic rings. The fourth-order valence-electron chi connectivity index (χ4n) is 4.63. The zero-order chi connectivity index (χ0) is 16.0. The molecular weight excluding hydrogens is 361 g/mol. The normalized spacial score (nSPS) is 32.0. The number of nitrogens with one attached hydrogen (secondary N) is 1. The molecule has 2 unspecified atom stereocenters. The van der Waals surface area contributed by atoms with Crippen molar-refractivity contribution in [3.63, 3.8) is 0 Å². The van der Waals surface area contributed by atoms with E-state index in [0.29, 0.717) is 18.0 Å². The Bertz CT molecular complexity index is 595. The first-order valence-electron chi connectivity index (χ1n) is 8.87. The molecule has 4 heterocycles. The molecule has 142 valence electrons. The van der Waals surface area contributed by atoms with Crippen molar-refractivity contribution in [2.45, 2.75) is 37.8 Å².